The molecule has 3 aliphatic rings. The maximum atomic E-state index is 13.1. The van der Waals surface area contributed by atoms with Crippen LogP contribution in [0.2, 0.25) is 0 Å². The third-order valence-corrected chi connectivity index (χ3v) is 7.64. The minimum absolute atomic E-state index is 0.0432. The fourth-order valence-corrected chi connectivity index (χ4v) is 5.85. The van der Waals surface area contributed by atoms with E-state index in [9.17, 15) is 19.5 Å². The van der Waals surface area contributed by atoms with E-state index in [0.29, 0.717) is 0 Å². The van der Waals surface area contributed by atoms with E-state index in [0.717, 1.165) is 22.3 Å². The zero-order chi connectivity index (χ0) is 25.7. The van der Waals surface area contributed by atoms with Crippen molar-refractivity contribution >= 4 is 18.2 Å². The first kappa shape index (κ1) is 24.2. The van der Waals surface area contributed by atoms with Gasteiger partial charge in [0.05, 0.1) is 5.41 Å². The van der Waals surface area contributed by atoms with Crippen LogP contribution in [0.5, 0.6) is 0 Å². The van der Waals surface area contributed by atoms with Gasteiger partial charge in [-0.25, -0.2) is 9.59 Å². The largest absolute Gasteiger partial charge is 0.481 e. The Hall–Kier alpha value is -3.55. The Kier molecular flexibility index (Phi) is 5.93. The first-order valence-corrected chi connectivity index (χ1v) is 12.4. The van der Waals surface area contributed by atoms with Gasteiger partial charge in [0.15, 0.2) is 0 Å². The minimum atomic E-state index is -1.09. The summed E-state index contributed by atoms with van der Waals surface area (Å²) in [4.78, 5) is 41.1. The highest BCUT2D eigenvalue weighted by atomic mass is 16.6. The van der Waals surface area contributed by atoms with Gasteiger partial charge in [0.2, 0.25) is 0 Å². The van der Waals surface area contributed by atoms with Gasteiger partial charge in [-0.3, -0.25) is 4.79 Å². The molecule has 1 N–H and O–H groups in total. The van der Waals surface area contributed by atoms with Gasteiger partial charge >= 0.3 is 18.2 Å². The molecule has 0 spiro atoms. The highest BCUT2D eigenvalue weighted by Crippen LogP contribution is 2.46. The van der Waals surface area contributed by atoms with Crippen molar-refractivity contribution in [1.82, 2.24) is 9.80 Å². The third kappa shape index (κ3) is 4.18. The average molecular weight is 493 g/mol. The van der Waals surface area contributed by atoms with Crippen LogP contribution in [-0.2, 0) is 14.3 Å². The summed E-state index contributed by atoms with van der Waals surface area (Å²) in [5.74, 6) is -1.37. The smallest absolute Gasteiger partial charge is 0.410 e. The average Bonchev–Trinajstić information content (AvgIpc) is 3.38. The molecule has 0 bridgehead atoms. The molecule has 0 radical (unpaired) electrons. The molecule has 0 aromatic heterocycles. The summed E-state index contributed by atoms with van der Waals surface area (Å²) >= 11 is 0. The van der Waals surface area contributed by atoms with Gasteiger partial charge in [-0.05, 0) is 49.4 Å². The van der Waals surface area contributed by atoms with Crippen molar-refractivity contribution in [2.24, 2.45) is 11.3 Å². The highest BCUT2D eigenvalue weighted by Gasteiger charge is 2.57. The van der Waals surface area contributed by atoms with Crippen LogP contribution in [0.4, 0.5) is 9.59 Å². The standard InChI is InChI=1S/C28H32N2O6/c1-27(2,3)36-26(34)30-15-18-14-29(13-12-28(18,17-30)24(31)32)25(33)35-16-23-21-10-6-4-8-19(21)20-9-5-7-11-22(20)23/h4-11,18,23H,12-17H2,1-3H3,(H,31,32)/t18-,28-/m1/s1. The summed E-state index contributed by atoms with van der Waals surface area (Å²) < 4.78 is 11.3. The number of carbonyl (C=O) groups is 3. The number of ether oxygens (including phenoxy) is 2. The maximum absolute atomic E-state index is 13.1. The quantitative estimate of drug-likeness (QED) is 0.674. The number of nitrogens with zero attached hydrogens (tertiary/aromatic N) is 2. The lowest BCUT2D eigenvalue weighted by Gasteiger charge is -2.39. The van der Waals surface area contributed by atoms with Crippen LogP contribution in [0.3, 0.4) is 0 Å². The highest BCUT2D eigenvalue weighted by molar-refractivity contribution is 5.80. The van der Waals surface area contributed by atoms with Crippen molar-refractivity contribution in [2.75, 3.05) is 32.8 Å². The number of likely N-dealkylation sites (tertiary alicyclic amines) is 2. The molecule has 8 heteroatoms. The number of amides is 2. The van der Waals surface area contributed by atoms with Gasteiger partial charge in [0.25, 0.3) is 0 Å². The fraction of sp³-hybridized carbons (Fsp3) is 0.464. The molecular formula is C28H32N2O6. The SMILES string of the molecule is CC(C)(C)OC(=O)N1C[C@H]2CN(C(=O)OCC3c4ccccc4-c4ccccc43)CC[C@@]2(C(=O)O)C1. The Morgan fingerprint density at radius 3 is 2.11 bits per heavy atom. The Bertz CT molecular complexity index is 1160. The number of rotatable bonds is 3. The second-order valence-electron chi connectivity index (χ2n) is 11.0. The fourth-order valence-electron chi connectivity index (χ4n) is 5.85. The van der Waals surface area contributed by atoms with Gasteiger partial charge in [0.1, 0.15) is 12.2 Å². The predicted molar refractivity (Wildman–Crippen MR) is 133 cm³/mol. The number of aliphatic carboxylic acids is 1. The van der Waals surface area contributed by atoms with Crippen molar-refractivity contribution in [3.63, 3.8) is 0 Å². The van der Waals surface area contributed by atoms with Gasteiger partial charge < -0.3 is 24.4 Å². The van der Waals surface area contributed by atoms with Crippen LogP contribution in [0.25, 0.3) is 11.1 Å². The predicted octanol–water partition coefficient (Wildman–Crippen LogP) is 4.58. The lowest BCUT2D eigenvalue weighted by molar-refractivity contribution is -0.153. The molecule has 2 atom stereocenters. The first-order valence-electron chi connectivity index (χ1n) is 12.4. The summed E-state index contributed by atoms with van der Waals surface area (Å²) in [5.41, 5.74) is 2.83. The van der Waals surface area contributed by atoms with Crippen molar-refractivity contribution in [3.05, 3.63) is 59.7 Å². The van der Waals surface area contributed by atoms with E-state index in [1.54, 1.807) is 25.7 Å². The first-order chi connectivity index (χ1) is 17.1. The Balaban J connectivity index is 1.26. The summed E-state index contributed by atoms with van der Waals surface area (Å²) in [6, 6.07) is 16.3. The molecule has 190 valence electrons. The van der Waals surface area contributed by atoms with E-state index in [-0.39, 0.29) is 45.1 Å². The lowest BCUT2D eigenvalue weighted by Crippen LogP contribution is -2.52. The number of carbonyl (C=O) groups excluding carboxylic acids is 2. The van der Waals surface area contributed by atoms with Crippen LogP contribution in [0, 0.1) is 11.3 Å². The number of hydrogen-bond acceptors (Lipinski definition) is 5. The number of piperidine rings is 1. The Morgan fingerprint density at radius 2 is 1.53 bits per heavy atom. The topological polar surface area (TPSA) is 96.4 Å². The number of benzene rings is 2. The zero-order valence-electron chi connectivity index (χ0n) is 20.9. The molecule has 5 rings (SSSR count). The second kappa shape index (κ2) is 8.84. The summed E-state index contributed by atoms with van der Waals surface area (Å²) in [7, 11) is 0. The molecular weight excluding hydrogens is 460 g/mol. The van der Waals surface area contributed by atoms with Gasteiger partial charge in [0, 0.05) is 38.0 Å². The number of hydrogen-bond donors (Lipinski definition) is 1. The van der Waals surface area contributed by atoms with E-state index in [1.807, 2.05) is 24.3 Å². The molecule has 2 aliphatic heterocycles. The molecule has 8 nitrogen and oxygen atoms in total. The summed E-state index contributed by atoms with van der Waals surface area (Å²) in [5, 5.41) is 10.1. The zero-order valence-corrected chi connectivity index (χ0v) is 20.9. The Morgan fingerprint density at radius 1 is 0.944 bits per heavy atom. The Labute approximate surface area is 210 Å². The summed E-state index contributed by atoms with van der Waals surface area (Å²) in [6.07, 6.45) is -0.715. The summed E-state index contributed by atoms with van der Waals surface area (Å²) in [6.45, 7) is 6.35. The number of carboxylic acid groups (broad SMARTS) is 1. The molecule has 2 aromatic carbocycles. The van der Waals surface area contributed by atoms with Gasteiger partial charge in [-0.1, -0.05) is 48.5 Å². The molecule has 2 saturated heterocycles. The minimum Gasteiger partial charge on any atom is -0.481 e. The third-order valence-electron chi connectivity index (χ3n) is 7.64. The van der Waals surface area contributed by atoms with Crippen LogP contribution in [0.15, 0.2) is 48.5 Å². The second-order valence-corrected chi connectivity index (χ2v) is 11.0. The lowest BCUT2D eigenvalue weighted by atomic mass is 9.72. The maximum Gasteiger partial charge on any atom is 0.410 e. The van der Waals surface area contributed by atoms with Crippen molar-refractivity contribution in [2.45, 2.75) is 38.7 Å². The van der Waals surface area contributed by atoms with Crippen LogP contribution in [-0.4, -0.2) is 71.4 Å². The van der Waals surface area contributed by atoms with Gasteiger partial charge in [-0.15, -0.1) is 0 Å². The monoisotopic (exact) mass is 492 g/mol. The van der Waals surface area contributed by atoms with E-state index in [4.69, 9.17) is 9.47 Å². The van der Waals surface area contributed by atoms with Crippen LogP contribution < -0.4 is 0 Å². The molecule has 1 aliphatic carbocycles. The molecule has 2 fully saturated rings. The number of carboxylic acids is 1. The van der Waals surface area contributed by atoms with Crippen LogP contribution >= 0.6 is 0 Å². The molecule has 2 heterocycles. The van der Waals surface area contributed by atoms with Gasteiger partial charge in [-0.2, -0.15) is 0 Å². The molecule has 0 unspecified atom stereocenters. The van der Waals surface area contributed by atoms with Crippen LogP contribution in [0.1, 0.15) is 44.2 Å². The molecule has 2 aromatic rings. The van der Waals surface area contributed by atoms with E-state index in [2.05, 4.69) is 24.3 Å². The molecule has 36 heavy (non-hydrogen) atoms. The van der Waals surface area contributed by atoms with Crippen molar-refractivity contribution in [1.29, 1.82) is 0 Å². The molecule has 2 amide bonds. The van der Waals surface area contributed by atoms with Crippen molar-refractivity contribution in [3.8, 4) is 11.1 Å². The van der Waals surface area contributed by atoms with E-state index >= 15 is 0 Å². The van der Waals surface area contributed by atoms with Crippen molar-refractivity contribution < 1.29 is 29.0 Å². The normalized spacial score (nSPS) is 23.0. The number of fused-ring (bicyclic) bond motifs is 4. The molecule has 0 saturated carbocycles. The van der Waals surface area contributed by atoms with E-state index < -0.39 is 35.1 Å². The van der Waals surface area contributed by atoms with E-state index in [1.165, 1.54) is 4.90 Å².